The van der Waals surface area contributed by atoms with Crippen LogP contribution in [-0.2, 0) is 14.6 Å². The highest BCUT2D eigenvalue weighted by atomic mass is 35.5. The maximum Gasteiger partial charge on any atom is 0.239 e. The van der Waals surface area contributed by atoms with E-state index in [0.717, 1.165) is 12.1 Å². The van der Waals surface area contributed by atoms with Gasteiger partial charge in [-0.1, -0.05) is 0 Å². The van der Waals surface area contributed by atoms with E-state index in [1.54, 1.807) is 0 Å². The molecule has 0 aliphatic rings. The molecule has 0 aliphatic heterocycles. The van der Waals surface area contributed by atoms with Crippen molar-refractivity contribution in [3.8, 4) is 0 Å². The van der Waals surface area contributed by atoms with Crippen LogP contribution < -0.4 is 5.32 Å². The van der Waals surface area contributed by atoms with Crippen molar-refractivity contribution < 1.29 is 17.6 Å². The van der Waals surface area contributed by atoms with Gasteiger partial charge in [0.1, 0.15) is 11.7 Å². The summed E-state index contributed by atoms with van der Waals surface area (Å²) in [5, 5.41) is 2.50. The number of halogens is 2. The fourth-order valence-corrected chi connectivity index (χ4v) is 2.99. The van der Waals surface area contributed by atoms with Crippen LogP contribution in [0.1, 0.15) is 0 Å². The number of benzene rings is 2. The summed E-state index contributed by atoms with van der Waals surface area (Å²) in [5.74, 6) is -1.07. The third-order valence-corrected chi connectivity index (χ3v) is 4.72. The Morgan fingerprint density at radius 2 is 1.48 bits per heavy atom. The molecule has 7 heteroatoms. The fraction of sp³-hybridized carbons (Fsp3) is 0.0714. The number of rotatable bonds is 4. The highest BCUT2D eigenvalue weighted by molar-refractivity contribution is 7.91. The smallest absolute Gasteiger partial charge is 0.239 e. The van der Waals surface area contributed by atoms with Gasteiger partial charge in [-0.2, -0.15) is 0 Å². The van der Waals surface area contributed by atoms with Crippen LogP contribution in [0.25, 0.3) is 0 Å². The minimum Gasteiger partial charge on any atom is -0.325 e. The third-order valence-electron chi connectivity index (χ3n) is 2.69. The standard InChI is InChI=1S/C14H11ClFNO3S/c15-9-14(18)17-11-3-7-13(8-4-11)21(19,20)12-5-1-10(16)2-6-12/h1-8H,9H2,(H,17,18). The van der Waals surface area contributed by atoms with Gasteiger partial charge in [-0.15, -0.1) is 11.6 Å². The molecule has 4 nitrogen and oxygen atoms in total. The lowest BCUT2D eigenvalue weighted by Crippen LogP contribution is -2.12. The first-order valence-electron chi connectivity index (χ1n) is 5.90. The van der Waals surface area contributed by atoms with Crippen molar-refractivity contribution in [3.05, 3.63) is 54.3 Å². The molecule has 0 atom stereocenters. The van der Waals surface area contributed by atoms with Gasteiger partial charge in [-0.3, -0.25) is 4.79 Å². The van der Waals surface area contributed by atoms with Crippen molar-refractivity contribution in [2.24, 2.45) is 0 Å². The average Bonchev–Trinajstić information content (AvgIpc) is 2.48. The molecule has 0 bridgehead atoms. The molecule has 2 rings (SSSR count). The quantitative estimate of drug-likeness (QED) is 0.693. The Morgan fingerprint density at radius 1 is 1.00 bits per heavy atom. The molecule has 21 heavy (non-hydrogen) atoms. The summed E-state index contributed by atoms with van der Waals surface area (Å²) >= 11 is 5.36. The predicted molar refractivity (Wildman–Crippen MR) is 77.6 cm³/mol. The predicted octanol–water partition coefficient (Wildman–Crippen LogP) is 2.84. The number of carbonyl (C=O) groups excluding carboxylic acids is 1. The summed E-state index contributed by atoms with van der Waals surface area (Å²) in [6.45, 7) is 0. The van der Waals surface area contributed by atoms with Gasteiger partial charge >= 0.3 is 0 Å². The Bertz CT molecular complexity index is 743. The summed E-state index contributed by atoms with van der Waals surface area (Å²) < 4.78 is 37.4. The number of alkyl halides is 1. The van der Waals surface area contributed by atoms with Crippen LogP contribution in [0.2, 0.25) is 0 Å². The molecule has 2 aromatic rings. The van der Waals surface area contributed by atoms with Gasteiger partial charge in [-0.05, 0) is 48.5 Å². The second-order valence-electron chi connectivity index (χ2n) is 4.16. The summed E-state index contributed by atoms with van der Waals surface area (Å²) in [5.41, 5.74) is 0.443. The molecule has 2 aromatic carbocycles. The zero-order chi connectivity index (χ0) is 15.5. The first kappa shape index (κ1) is 15.5. The number of carbonyl (C=O) groups is 1. The SMILES string of the molecule is O=C(CCl)Nc1ccc(S(=O)(=O)c2ccc(F)cc2)cc1. The lowest BCUT2D eigenvalue weighted by atomic mass is 10.3. The summed E-state index contributed by atoms with van der Waals surface area (Å²) in [6.07, 6.45) is 0. The Labute approximate surface area is 126 Å². The van der Waals surface area contributed by atoms with Gasteiger partial charge in [0.05, 0.1) is 9.79 Å². The summed E-state index contributed by atoms with van der Waals surface area (Å²) in [4.78, 5) is 11.2. The molecule has 0 radical (unpaired) electrons. The van der Waals surface area contributed by atoms with Crippen LogP contribution >= 0.6 is 11.6 Å². The van der Waals surface area contributed by atoms with E-state index in [2.05, 4.69) is 5.32 Å². The van der Waals surface area contributed by atoms with Crippen molar-refractivity contribution in [3.63, 3.8) is 0 Å². The third kappa shape index (κ3) is 3.59. The van der Waals surface area contributed by atoms with Gasteiger partial charge in [0.25, 0.3) is 0 Å². The van der Waals surface area contributed by atoms with Gasteiger partial charge in [0.2, 0.25) is 15.7 Å². The van der Waals surface area contributed by atoms with Crippen LogP contribution in [0.4, 0.5) is 10.1 Å². The van der Waals surface area contributed by atoms with E-state index >= 15 is 0 Å². The lowest BCUT2D eigenvalue weighted by Gasteiger charge is -2.07. The largest absolute Gasteiger partial charge is 0.325 e. The topological polar surface area (TPSA) is 63.2 Å². The number of anilines is 1. The highest BCUT2D eigenvalue weighted by Crippen LogP contribution is 2.22. The zero-order valence-corrected chi connectivity index (χ0v) is 12.3. The molecule has 1 N–H and O–H groups in total. The van der Waals surface area contributed by atoms with E-state index in [0.29, 0.717) is 5.69 Å². The molecule has 0 aliphatic carbocycles. The molecule has 0 saturated heterocycles. The van der Waals surface area contributed by atoms with Gasteiger partial charge in [0.15, 0.2) is 0 Å². The molecular formula is C14H11ClFNO3S. The van der Waals surface area contributed by atoms with E-state index in [1.165, 1.54) is 36.4 Å². The average molecular weight is 328 g/mol. The molecule has 1 amide bonds. The maximum absolute atomic E-state index is 12.8. The number of hydrogen-bond donors (Lipinski definition) is 1. The summed E-state index contributed by atoms with van der Waals surface area (Å²) in [6, 6.07) is 10.2. The monoisotopic (exact) mass is 327 g/mol. The Hall–Kier alpha value is -1.92. The van der Waals surface area contributed by atoms with Crippen molar-refractivity contribution in [1.29, 1.82) is 0 Å². The number of amides is 1. The molecular weight excluding hydrogens is 317 g/mol. The number of hydrogen-bond acceptors (Lipinski definition) is 3. The van der Waals surface area contributed by atoms with E-state index in [-0.39, 0.29) is 21.6 Å². The second-order valence-corrected chi connectivity index (χ2v) is 6.38. The molecule has 0 unspecified atom stereocenters. The van der Waals surface area contributed by atoms with Crippen molar-refractivity contribution in [2.75, 3.05) is 11.2 Å². The molecule has 0 fully saturated rings. The zero-order valence-electron chi connectivity index (χ0n) is 10.7. The van der Waals surface area contributed by atoms with Crippen LogP contribution in [0.15, 0.2) is 58.3 Å². The Kier molecular flexibility index (Phi) is 4.59. The Morgan fingerprint density at radius 3 is 1.95 bits per heavy atom. The molecule has 0 aromatic heterocycles. The maximum atomic E-state index is 12.8. The fourth-order valence-electron chi connectivity index (χ4n) is 1.66. The van der Waals surface area contributed by atoms with Crippen LogP contribution in [-0.4, -0.2) is 20.2 Å². The highest BCUT2D eigenvalue weighted by Gasteiger charge is 2.17. The second kappa shape index (κ2) is 6.24. The first-order valence-corrected chi connectivity index (χ1v) is 7.92. The number of sulfone groups is 1. The molecule has 0 spiro atoms. The van der Waals surface area contributed by atoms with Crippen molar-refractivity contribution >= 4 is 33.0 Å². The lowest BCUT2D eigenvalue weighted by molar-refractivity contribution is -0.113. The molecule has 0 heterocycles. The summed E-state index contributed by atoms with van der Waals surface area (Å²) in [7, 11) is -3.71. The van der Waals surface area contributed by atoms with E-state index in [4.69, 9.17) is 11.6 Å². The van der Waals surface area contributed by atoms with Gasteiger partial charge in [-0.25, -0.2) is 12.8 Å². The molecule has 110 valence electrons. The van der Waals surface area contributed by atoms with Crippen molar-refractivity contribution in [2.45, 2.75) is 9.79 Å². The van der Waals surface area contributed by atoms with Gasteiger partial charge < -0.3 is 5.32 Å². The normalized spacial score (nSPS) is 11.1. The van der Waals surface area contributed by atoms with E-state index in [1.807, 2.05) is 0 Å². The van der Waals surface area contributed by atoms with Crippen LogP contribution in [0.5, 0.6) is 0 Å². The Balaban J connectivity index is 2.29. The van der Waals surface area contributed by atoms with Crippen LogP contribution in [0.3, 0.4) is 0 Å². The minimum absolute atomic E-state index is 0.00134. The first-order chi connectivity index (χ1) is 9.93. The van der Waals surface area contributed by atoms with E-state index < -0.39 is 15.7 Å². The van der Waals surface area contributed by atoms with Crippen molar-refractivity contribution in [1.82, 2.24) is 0 Å². The minimum atomic E-state index is -3.71. The number of nitrogens with one attached hydrogen (secondary N) is 1. The molecule has 0 saturated carbocycles. The van der Waals surface area contributed by atoms with Gasteiger partial charge in [0, 0.05) is 5.69 Å². The van der Waals surface area contributed by atoms with Crippen LogP contribution in [0, 0.1) is 5.82 Å². The van der Waals surface area contributed by atoms with E-state index in [9.17, 15) is 17.6 Å².